The number of nitrogens with zero attached hydrogens (tertiary/aromatic N) is 2. The van der Waals surface area contributed by atoms with Gasteiger partial charge in [0.25, 0.3) is 0 Å². The van der Waals surface area contributed by atoms with Crippen LogP contribution in [0.15, 0.2) is 28.8 Å². The molecule has 1 heterocycles. The van der Waals surface area contributed by atoms with Crippen LogP contribution in [0, 0.1) is 5.82 Å². The van der Waals surface area contributed by atoms with Gasteiger partial charge >= 0.3 is 0 Å². The fourth-order valence-electron chi connectivity index (χ4n) is 1.66. The summed E-state index contributed by atoms with van der Waals surface area (Å²) in [5.41, 5.74) is 5.80. The highest BCUT2D eigenvalue weighted by atomic mass is 35.5. The van der Waals surface area contributed by atoms with E-state index in [1.807, 2.05) is 0 Å². The maximum Gasteiger partial charge on any atom is 0.249 e. The van der Waals surface area contributed by atoms with Gasteiger partial charge in [-0.3, -0.25) is 4.79 Å². The van der Waals surface area contributed by atoms with E-state index >= 15 is 0 Å². The lowest BCUT2D eigenvalue weighted by atomic mass is 10.2. The highest BCUT2D eigenvalue weighted by Crippen LogP contribution is 2.19. The Morgan fingerprint density at radius 3 is 2.95 bits per heavy atom. The predicted octanol–water partition coefficient (Wildman–Crippen LogP) is 1.82. The molecule has 0 spiro atoms. The summed E-state index contributed by atoms with van der Waals surface area (Å²) < 4.78 is 18.2. The Hall–Kier alpha value is -1.99. The minimum Gasteiger partial charge on any atom is -0.345 e. The van der Waals surface area contributed by atoms with E-state index in [9.17, 15) is 9.18 Å². The van der Waals surface area contributed by atoms with Gasteiger partial charge in [-0.2, -0.15) is 4.98 Å². The fraction of sp³-hybridized carbons (Fsp3) is 0.308. The Labute approximate surface area is 127 Å². The van der Waals surface area contributed by atoms with Crippen molar-refractivity contribution in [2.24, 2.45) is 5.73 Å². The molecule has 2 rings (SSSR count). The molecule has 114 valence electrons. The van der Waals surface area contributed by atoms with Crippen molar-refractivity contribution in [3.63, 3.8) is 0 Å². The lowest BCUT2D eigenvalue weighted by molar-refractivity contribution is -0.121. The van der Waals surface area contributed by atoms with Crippen molar-refractivity contribution in [2.45, 2.75) is 19.4 Å². The molecule has 0 saturated heterocycles. The van der Waals surface area contributed by atoms with E-state index in [-0.39, 0.29) is 48.8 Å². The number of rotatable bonds is 5. The van der Waals surface area contributed by atoms with E-state index in [1.165, 1.54) is 12.1 Å². The fourth-order valence-corrected chi connectivity index (χ4v) is 1.66. The summed E-state index contributed by atoms with van der Waals surface area (Å²) in [6.07, 6.45) is 0.231. The van der Waals surface area contributed by atoms with Gasteiger partial charge in [0.1, 0.15) is 11.9 Å². The first-order valence-electron chi connectivity index (χ1n) is 6.19. The molecule has 1 amide bonds. The summed E-state index contributed by atoms with van der Waals surface area (Å²) in [6, 6.07) is 5.46. The molecule has 3 N–H and O–H groups in total. The second kappa shape index (κ2) is 7.70. The van der Waals surface area contributed by atoms with E-state index < -0.39 is 6.04 Å². The number of hydrogen-bond donors (Lipinski definition) is 2. The van der Waals surface area contributed by atoms with Gasteiger partial charge in [0.2, 0.25) is 17.6 Å². The minimum atomic E-state index is -0.427. The summed E-state index contributed by atoms with van der Waals surface area (Å²) in [5.74, 6) is -0.0299. The summed E-state index contributed by atoms with van der Waals surface area (Å²) in [5, 5.41) is 6.46. The van der Waals surface area contributed by atoms with E-state index in [0.29, 0.717) is 5.56 Å². The number of nitrogens with two attached hydrogens (primary N) is 1. The van der Waals surface area contributed by atoms with Crippen LogP contribution in [-0.2, 0) is 4.79 Å². The molecule has 2 aromatic rings. The van der Waals surface area contributed by atoms with Gasteiger partial charge in [0.05, 0.1) is 0 Å². The Balaban J connectivity index is 0.00000220. The topological polar surface area (TPSA) is 94.0 Å². The molecule has 8 heteroatoms. The zero-order valence-corrected chi connectivity index (χ0v) is 12.2. The molecule has 0 fully saturated rings. The van der Waals surface area contributed by atoms with Crippen LogP contribution >= 0.6 is 12.4 Å². The average Bonchev–Trinajstić information content (AvgIpc) is 2.88. The Morgan fingerprint density at radius 2 is 2.29 bits per heavy atom. The van der Waals surface area contributed by atoms with Gasteiger partial charge in [-0.25, -0.2) is 4.39 Å². The average molecular weight is 315 g/mol. The molecule has 1 atom stereocenters. The third kappa shape index (κ3) is 4.51. The first-order valence-corrected chi connectivity index (χ1v) is 6.19. The number of carbonyl (C=O) groups excluding carboxylic acids is 1. The van der Waals surface area contributed by atoms with Crippen molar-refractivity contribution in [1.82, 2.24) is 15.5 Å². The van der Waals surface area contributed by atoms with Crippen LogP contribution in [0.25, 0.3) is 11.4 Å². The first-order chi connectivity index (χ1) is 9.60. The lowest BCUT2D eigenvalue weighted by Crippen LogP contribution is -2.28. The molecule has 1 aromatic heterocycles. The molecule has 1 unspecified atom stereocenters. The van der Waals surface area contributed by atoms with Crippen molar-refractivity contribution in [2.75, 3.05) is 6.54 Å². The number of hydrogen-bond acceptors (Lipinski definition) is 5. The molecule has 0 aliphatic carbocycles. The van der Waals surface area contributed by atoms with Crippen molar-refractivity contribution in [3.8, 4) is 11.4 Å². The summed E-state index contributed by atoms with van der Waals surface area (Å²) in [4.78, 5) is 15.6. The summed E-state index contributed by atoms with van der Waals surface area (Å²) in [6.45, 7) is 1.99. The van der Waals surface area contributed by atoms with Crippen molar-refractivity contribution >= 4 is 18.3 Å². The van der Waals surface area contributed by atoms with Gasteiger partial charge in [0.15, 0.2) is 0 Å². The first kappa shape index (κ1) is 17.1. The van der Waals surface area contributed by atoms with Gasteiger partial charge in [0, 0.05) is 18.5 Å². The van der Waals surface area contributed by atoms with Crippen LogP contribution < -0.4 is 11.1 Å². The number of amides is 1. The lowest BCUT2D eigenvalue weighted by Gasteiger charge is -2.08. The Bertz CT molecular complexity index is 605. The second-order valence-electron chi connectivity index (χ2n) is 4.29. The number of aromatic nitrogens is 2. The van der Waals surface area contributed by atoms with Gasteiger partial charge < -0.3 is 15.6 Å². The Kier molecular flexibility index (Phi) is 6.26. The summed E-state index contributed by atoms with van der Waals surface area (Å²) >= 11 is 0. The third-order valence-corrected chi connectivity index (χ3v) is 2.64. The number of halogens is 2. The van der Waals surface area contributed by atoms with Gasteiger partial charge in [-0.1, -0.05) is 17.3 Å². The van der Waals surface area contributed by atoms with Gasteiger partial charge in [-0.05, 0) is 19.1 Å². The smallest absolute Gasteiger partial charge is 0.249 e. The SMILES string of the molecule is CC(NC(=O)CCN)c1nc(-c2cccc(F)c2)no1.Cl. The zero-order valence-electron chi connectivity index (χ0n) is 11.4. The van der Waals surface area contributed by atoms with Crippen LogP contribution in [0.5, 0.6) is 0 Å². The highest BCUT2D eigenvalue weighted by Gasteiger charge is 2.17. The second-order valence-corrected chi connectivity index (χ2v) is 4.29. The molecule has 21 heavy (non-hydrogen) atoms. The van der Waals surface area contributed by atoms with Crippen molar-refractivity contribution < 1.29 is 13.7 Å². The van der Waals surface area contributed by atoms with E-state index in [0.717, 1.165) is 0 Å². The molecule has 0 aliphatic rings. The minimum absolute atomic E-state index is 0. The maximum absolute atomic E-state index is 13.1. The molecule has 1 aromatic carbocycles. The monoisotopic (exact) mass is 314 g/mol. The van der Waals surface area contributed by atoms with E-state index in [1.54, 1.807) is 19.1 Å². The van der Waals surface area contributed by atoms with Gasteiger partial charge in [-0.15, -0.1) is 12.4 Å². The molecular formula is C13H16ClFN4O2. The molecule has 0 saturated carbocycles. The Morgan fingerprint density at radius 1 is 1.52 bits per heavy atom. The van der Waals surface area contributed by atoms with E-state index in [2.05, 4.69) is 15.5 Å². The molecule has 0 aliphatic heterocycles. The standard InChI is InChI=1S/C13H15FN4O2.ClH/c1-8(16-11(19)5-6-15)13-17-12(18-20-13)9-3-2-4-10(14)7-9;/h2-4,7-8H,5-6,15H2,1H3,(H,16,19);1H. The molecule has 0 bridgehead atoms. The number of carbonyl (C=O) groups is 1. The van der Waals surface area contributed by atoms with Crippen LogP contribution in [0.2, 0.25) is 0 Å². The quantitative estimate of drug-likeness (QED) is 0.878. The summed E-state index contributed by atoms with van der Waals surface area (Å²) in [7, 11) is 0. The predicted molar refractivity (Wildman–Crippen MR) is 77.2 cm³/mol. The third-order valence-electron chi connectivity index (χ3n) is 2.64. The largest absolute Gasteiger partial charge is 0.345 e. The van der Waals surface area contributed by atoms with Crippen LogP contribution in [0.4, 0.5) is 4.39 Å². The van der Waals surface area contributed by atoms with Crippen LogP contribution in [0.1, 0.15) is 25.3 Å². The van der Waals surface area contributed by atoms with Crippen LogP contribution in [-0.4, -0.2) is 22.6 Å². The number of benzene rings is 1. The highest BCUT2D eigenvalue weighted by molar-refractivity contribution is 5.85. The molecule has 0 radical (unpaired) electrons. The van der Waals surface area contributed by atoms with Crippen LogP contribution in [0.3, 0.4) is 0 Å². The zero-order chi connectivity index (χ0) is 14.5. The van der Waals surface area contributed by atoms with Crippen molar-refractivity contribution in [3.05, 3.63) is 36.0 Å². The maximum atomic E-state index is 13.1. The number of nitrogens with one attached hydrogen (secondary N) is 1. The molecular weight excluding hydrogens is 299 g/mol. The van der Waals surface area contributed by atoms with E-state index in [4.69, 9.17) is 10.3 Å². The normalized spacial score (nSPS) is 11.6. The van der Waals surface area contributed by atoms with Crippen molar-refractivity contribution in [1.29, 1.82) is 0 Å². The molecule has 6 nitrogen and oxygen atoms in total.